The van der Waals surface area contributed by atoms with E-state index in [1.54, 1.807) is 0 Å². The van der Waals surface area contributed by atoms with Gasteiger partial charge in [-0.15, -0.1) is 0 Å². The number of nitrogen functional groups attached to an aromatic ring is 1. The first kappa shape index (κ1) is 27.5. The van der Waals surface area contributed by atoms with Crippen molar-refractivity contribution in [2.24, 2.45) is 0 Å². The van der Waals surface area contributed by atoms with Gasteiger partial charge in [0.2, 0.25) is 0 Å². The molecule has 5 aromatic rings. The van der Waals surface area contributed by atoms with Crippen molar-refractivity contribution in [3.63, 3.8) is 0 Å². The van der Waals surface area contributed by atoms with E-state index in [4.69, 9.17) is 5.73 Å². The van der Waals surface area contributed by atoms with Crippen LogP contribution in [0.2, 0.25) is 0 Å². The molecule has 0 amide bonds. The highest BCUT2D eigenvalue weighted by molar-refractivity contribution is 6.10. The van der Waals surface area contributed by atoms with Crippen molar-refractivity contribution in [3.8, 4) is 11.1 Å². The molecule has 2 heteroatoms. The molecule has 2 aliphatic carbocycles. The number of hydrogen-bond acceptors (Lipinski definition) is 2. The van der Waals surface area contributed by atoms with E-state index in [-0.39, 0.29) is 6.04 Å². The Hall–Kier alpha value is -5.08. The molecule has 1 spiro atoms. The number of aryl methyl sites for hydroxylation is 1. The Morgan fingerprint density at radius 3 is 2.22 bits per heavy atom. The smallest absolute Gasteiger partial charge is 0.0728 e. The quantitative estimate of drug-likeness (QED) is 0.202. The Labute approximate surface area is 266 Å². The fourth-order valence-corrected chi connectivity index (χ4v) is 8.22. The Bertz CT molecular complexity index is 2090. The van der Waals surface area contributed by atoms with Gasteiger partial charge in [0, 0.05) is 0 Å². The Kier molecular flexibility index (Phi) is 6.42. The molecule has 3 aliphatic rings. The van der Waals surface area contributed by atoms with Crippen molar-refractivity contribution in [2.45, 2.75) is 45.1 Å². The SMILES string of the molecule is C/C=C\c1ccc2c(c1N)NC(c1ccc3c(c1)C1(C(c4ccccc4C)=C(CCC)c4ccccc41)c1ccccc1-3)C=C2. The largest absolute Gasteiger partial charge is 0.397 e. The van der Waals surface area contributed by atoms with Gasteiger partial charge < -0.3 is 11.1 Å². The van der Waals surface area contributed by atoms with Gasteiger partial charge in [-0.2, -0.15) is 0 Å². The molecule has 0 radical (unpaired) electrons. The molecule has 0 saturated heterocycles. The second kappa shape index (κ2) is 10.5. The van der Waals surface area contributed by atoms with Crippen LogP contribution in [0.1, 0.15) is 82.8 Å². The molecule has 3 N–H and O–H groups in total. The number of hydrogen-bond donors (Lipinski definition) is 2. The highest BCUT2D eigenvalue weighted by Gasteiger charge is 2.53. The standard InChI is InChI=1S/C43H38N2/c1-4-12-28-20-21-29-23-25-39(45-42(29)41(28)44)30-22-24-34-32-16-8-10-18-36(32)43(38(34)26-30)37-19-11-9-17-33(37)35(13-5-2)40(43)31-15-7-6-14-27(31)3/h4,6-12,14-26,39,45H,5,13,44H2,1-3H3/b12-4-. The van der Waals surface area contributed by atoms with E-state index >= 15 is 0 Å². The van der Waals surface area contributed by atoms with Gasteiger partial charge in [-0.1, -0.05) is 141 Å². The van der Waals surface area contributed by atoms with Crippen molar-refractivity contribution < 1.29 is 0 Å². The Morgan fingerprint density at radius 2 is 1.47 bits per heavy atom. The minimum atomic E-state index is -0.399. The van der Waals surface area contributed by atoms with Crippen LogP contribution in [-0.4, -0.2) is 0 Å². The predicted octanol–water partition coefficient (Wildman–Crippen LogP) is 10.8. The van der Waals surface area contributed by atoms with Gasteiger partial charge in [-0.25, -0.2) is 0 Å². The van der Waals surface area contributed by atoms with Crippen LogP contribution in [0, 0.1) is 6.92 Å². The van der Waals surface area contributed by atoms with Crippen LogP contribution in [0.4, 0.5) is 11.4 Å². The highest BCUT2D eigenvalue weighted by Crippen LogP contribution is 2.65. The van der Waals surface area contributed by atoms with Gasteiger partial charge in [0.15, 0.2) is 0 Å². The average Bonchev–Trinajstić information content (AvgIpc) is 3.53. The minimum absolute atomic E-state index is 0.00404. The third-order valence-electron chi connectivity index (χ3n) is 10.1. The molecule has 2 atom stereocenters. The number of benzene rings is 5. The van der Waals surface area contributed by atoms with Crippen LogP contribution in [0.15, 0.2) is 115 Å². The number of nitrogens with one attached hydrogen (secondary N) is 1. The summed E-state index contributed by atoms with van der Waals surface area (Å²) in [5.41, 5.74) is 25.3. The highest BCUT2D eigenvalue weighted by atomic mass is 14.9. The maximum Gasteiger partial charge on any atom is 0.0728 e. The fourth-order valence-electron chi connectivity index (χ4n) is 8.22. The van der Waals surface area contributed by atoms with Crippen LogP contribution >= 0.6 is 0 Å². The maximum absolute atomic E-state index is 6.71. The summed E-state index contributed by atoms with van der Waals surface area (Å²) < 4.78 is 0. The summed E-state index contributed by atoms with van der Waals surface area (Å²) >= 11 is 0. The van der Waals surface area contributed by atoms with Gasteiger partial charge in [0.05, 0.1) is 22.8 Å². The van der Waals surface area contributed by atoms with Crippen molar-refractivity contribution >= 4 is 34.7 Å². The van der Waals surface area contributed by atoms with E-state index in [0.29, 0.717) is 0 Å². The molecule has 45 heavy (non-hydrogen) atoms. The van der Waals surface area contributed by atoms with E-state index in [1.165, 1.54) is 61.2 Å². The summed E-state index contributed by atoms with van der Waals surface area (Å²) in [6.07, 6.45) is 10.7. The van der Waals surface area contributed by atoms with Crippen LogP contribution in [0.25, 0.3) is 34.4 Å². The van der Waals surface area contributed by atoms with Gasteiger partial charge in [-0.3, -0.25) is 0 Å². The summed E-state index contributed by atoms with van der Waals surface area (Å²) in [7, 11) is 0. The average molecular weight is 583 g/mol. The van der Waals surface area contributed by atoms with E-state index in [0.717, 1.165) is 35.3 Å². The van der Waals surface area contributed by atoms with Gasteiger partial charge in [-0.05, 0) is 92.6 Å². The van der Waals surface area contributed by atoms with Crippen molar-refractivity contribution in [1.29, 1.82) is 0 Å². The second-order valence-corrected chi connectivity index (χ2v) is 12.6. The number of rotatable bonds is 5. The van der Waals surface area contributed by atoms with Crippen molar-refractivity contribution in [2.75, 3.05) is 11.1 Å². The van der Waals surface area contributed by atoms with Crippen LogP contribution < -0.4 is 11.1 Å². The Morgan fingerprint density at radius 1 is 0.778 bits per heavy atom. The maximum atomic E-state index is 6.71. The number of allylic oxidation sites excluding steroid dienone is 3. The van der Waals surface area contributed by atoms with Crippen molar-refractivity contribution in [1.82, 2.24) is 0 Å². The van der Waals surface area contributed by atoms with E-state index in [9.17, 15) is 0 Å². The molecule has 0 aromatic heterocycles. The van der Waals surface area contributed by atoms with Crippen molar-refractivity contribution in [3.05, 3.63) is 165 Å². The third-order valence-corrected chi connectivity index (χ3v) is 10.1. The molecule has 5 aromatic carbocycles. The first-order chi connectivity index (χ1) is 22.1. The van der Waals surface area contributed by atoms with E-state index in [2.05, 4.69) is 141 Å². The summed E-state index contributed by atoms with van der Waals surface area (Å²) in [5.74, 6) is 0. The zero-order chi connectivity index (χ0) is 30.7. The van der Waals surface area contributed by atoms with Crippen LogP contribution in [-0.2, 0) is 5.41 Å². The lowest BCUT2D eigenvalue weighted by Gasteiger charge is -2.34. The van der Waals surface area contributed by atoms with Crippen LogP contribution in [0.3, 0.4) is 0 Å². The zero-order valence-electron chi connectivity index (χ0n) is 26.2. The molecular weight excluding hydrogens is 544 g/mol. The summed E-state index contributed by atoms with van der Waals surface area (Å²) in [5, 5.41) is 3.81. The molecule has 1 heterocycles. The molecule has 2 nitrogen and oxygen atoms in total. The first-order valence-electron chi connectivity index (χ1n) is 16.2. The third kappa shape index (κ3) is 3.88. The van der Waals surface area contributed by atoms with Gasteiger partial charge in [0.1, 0.15) is 0 Å². The first-order valence-corrected chi connectivity index (χ1v) is 16.2. The molecule has 8 rings (SSSR count). The summed E-state index contributed by atoms with van der Waals surface area (Å²) in [6.45, 7) is 6.60. The molecule has 0 bridgehead atoms. The lowest BCUT2D eigenvalue weighted by atomic mass is 9.67. The van der Waals surface area contributed by atoms with Gasteiger partial charge in [0.25, 0.3) is 0 Å². The minimum Gasteiger partial charge on any atom is -0.397 e. The monoisotopic (exact) mass is 582 g/mol. The second-order valence-electron chi connectivity index (χ2n) is 12.6. The molecule has 1 aliphatic heterocycles. The summed E-state index contributed by atoms with van der Waals surface area (Å²) in [6, 6.07) is 38.6. The number of nitrogens with two attached hydrogens (primary N) is 1. The fraction of sp³-hybridized carbons (Fsp3) is 0.163. The Balaban J connectivity index is 1.39. The zero-order valence-corrected chi connectivity index (χ0v) is 26.2. The van der Waals surface area contributed by atoms with E-state index in [1.807, 2.05) is 13.0 Å². The number of fused-ring (bicyclic) bond motifs is 8. The molecular formula is C43H38N2. The lowest BCUT2D eigenvalue weighted by molar-refractivity contribution is 0.834. The van der Waals surface area contributed by atoms with E-state index < -0.39 is 5.41 Å². The molecule has 220 valence electrons. The number of anilines is 2. The summed E-state index contributed by atoms with van der Waals surface area (Å²) in [4.78, 5) is 0. The normalized spacial score (nSPS) is 19.0. The predicted molar refractivity (Wildman–Crippen MR) is 192 cm³/mol. The lowest BCUT2D eigenvalue weighted by Crippen LogP contribution is -2.27. The van der Waals surface area contributed by atoms with Crippen LogP contribution in [0.5, 0.6) is 0 Å². The topological polar surface area (TPSA) is 38.0 Å². The molecule has 2 unspecified atom stereocenters. The molecule has 0 fully saturated rings. The molecule has 0 saturated carbocycles. The van der Waals surface area contributed by atoms with Gasteiger partial charge >= 0.3 is 0 Å².